The summed E-state index contributed by atoms with van der Waals surface area (Å²) in [5.74, 6) is -0.0587. The molecular formula is C13H18N4O2. The molecule has 1 rings (SSSR count). The first-order chi connectivity index (χ1) is 8.97. The maximum atomic E-state index is 11.0. The molecular weight excluding hydrogens is 244 g/mol. The van der Waals surface area contributed by atoms with Crippen LogP contribution < -0.4 is 5.32 Å². The Balaban J connectivity index is 2.83. The lowest BCUT2D eigenvalue weighted by atomic mass is 10.1. The second kappa shape index (κ2) is 6.71. The number of nitrogens with zero attached hydrogens (tertiary/aromatic N) is 3. The van der Waals surface area contributed by atoms with Gasteiger partial charge in [0.05, 0.1) is 16.9 Å². The maximum absolute atomic E-state index is 11.0. The Morgan fingerprint density at radius 1 is 1.58 bits per heavy atom. The molecule has 0 fully saturated rings. The molecule has 1 atom stereocenters. The van der Waals surface area contributed by atoms with Crippen LogP contribution in [-0.2, 0) is 6.54 Å². The molecule has 102 valence electrons. The molecule has 0 radical (unpaired) electrons. The molecule has 0 aliphatic heterocycles. The number of nitro groups is 1. The van der Waals surface area contributed by atoms with Crippen LogP contribution in [0.3, 0.4) is 0 Å². The van der Waals surface area contributed by atoms with Gasteiger partial charge in [-0.3, -0.25) is 10.1 Å². The van der Waals surface area contributed by atoms with E-state index in [-0.39, 0.29) is 11.6 Å². The molecule has 0 saturated carbocycles. The number of nitrogens with one attached hydrogen (secondary N) is 1. The van der Waals surface area contributed by atoms with Gasteiger partial charge in [-0.15, -0.1) is 0 Å². The number of rotatable bonds is 6. The van der Waals surface area contributed by atoms with E-state index in [1.54, 1.807) is 19.2 Å². The van der Waals surface area contributed by atoms with Crippen LogP contribution in [0.1, 0.15) is 12.5 Å². The third kappa shape index (κ3) is 4.23. The minimum absolute atomic E-state index is 0.0587. The Morgan fingerprint density at radius 3 is 2.79 bits per heavy atom. The lowest BCUT2D eigenvalue weighted by molar-refractivity contribution is -0.384. The zero-order chi connectivity index (χ0) is 14.4. The van der Waals surface area contributed by atoms with E-state index in [0.29, 0.717) is 18.8 Å². The number of nitriles is 1. The molecule has 0 spiro atoms. The van der Waals surface area contributed by atoms with E-state index < -0.39 is 4.92 Å². The van der Waals surface area contributed by atoms with E-state index in [4.69, 9.17) is 5.26 Å². The van der Waals surface area contributed by atoms with Gasteiger partial charge in [-0.2, -0.15) is 5.26 Å². The third-order valence-corrected chi connectivity index (χ3v) is 2.79. The van der Waals surface area contributed by atoms with E-state index in [1.165, 1.54) is 0 Å². The van der Waals surface area contributed by atoms with Gasteiger partial charge in [-0.05, 0) is 25.6 Å². The molecule has 1 aromatic rings. The van der Waals surface area contributed by atoms with Crippen LogP contribution in [0.2, 0.25) is 0 Å². The first-order valence-corrected chi connectivity index (χ1v) is 6.01. The van der Waals surface area contributed by atoms with Crippen LogP contribution in [0.4, 0.5) is 11.4 Å². The molecule has 0 aromatic heterocycles. The summed E-state index contributed by atoms with van der Waals surface area (Å²) in [4.78, 5) is 12.5. The second-order valence-electron chi connectivity index (χ2n) is 4.59. The molecule has 0 amide bonds. The normalized spacial score (nSPS) is 11.9. The van der Waals surface area contributed by atoms with Crippen LogP contribution >= 0.6 is 0 Å². The summed E-state index contributed by atoms with van der Waals surface area (Å²) in [6.45, 7) is 3.07. The Kier molecular flexibility index (Phi) is 5.27. The molecule has 6 nitrogen and oxygen atoms in total. The molecule has 0 aliphatic carbocycles. The van der Waals surface area contributed by atoms with Gasteiger partial charge in [0.25, 0.3) is 5.69 Å². The van der Waals surface area contributed by atoms with Gasteiger partial charge in [0.2, 0.25) is 0 Å². The molecule has 1 unspecified atom stereocenters. The lowest BCUT2D eigenvalue weighted by Gasteiger charge is -2.17. The average Bonchev–Trinajstić information content (AvgIpc) is 2.38. The van der Waals surface area contributed by atoms with Crippen LogP contribution in [-0.4, -0.2) is 30.5 Å². The van der Waals surface area contributed by atoms with Crippen molar-refractivity contribution >= 4 is 11.4 Å². The molecule has 1 aromatic carbocycles. The van der Waals surface area contributed by atoms with Gasteiger partial charge in [0.15, 0.2) is 0 Å². The van der Waals surface area contributed by atoms with Gasteiger partial charge >= 0.3 is 0 Å². The maximum Gasteiger partial charge on any atom is 0.292 e. The van der Waals surface area contributed by atoms with E-state index in [1.807, 2.05) is 24.9 Å². The fourth-order valence-corrected chi connectivity index (χ4v) is 1.92. The summed E-state index contributed by atoms with van der Waals surface area (Å²) < 4.78 is 0. The monoisotopic (exact) mass is 262 g/mol. The van der Waals surface area contributed by atoms with E-state index >= 15 is 0 Å². The van der Waals surface area contributed by atoms with Crippen molar-refractivity contribution in [1.82, 2.24) is 4.90 Å². The molecule has 19 heavy (non-hydrogen) atoms. The SMILES string of the molecule is CNc1ccc(CN(C)CC(C)C#N)cc1[N+](=O)[O-]. The Labute approximate surface area is 112 Å². The Bertz CT molecular complexity index is 496. The fraction of sp³-hybridized carbons (Fsp3) is 0.462. The van der Waals surface area contributed by atoms with Crippen LogP contribution in [0.25, 0.3) is 0 Å². The highest BCUT2D eigenvalue weighted by molar-refractivity contribution is 5.62. The highest BCUT2D eigenvalue weighted by Gasteiger charge is 2.14. The van der Waals surface area contributed by atoms with Crippen molar-refractivity contribution < 1.29 is 4.92 Å². The zero-order valence-electron chi connectivity index (χ0n) is 11.4. The fourth-order valence-electron chi connectivity index (χ4n) is 1.92. The summed E-state index contributed by atoms with van der Waals surface area (Å²) in [7, 11) is 3.55. The van der Waals surface area contributed by atoms with Crippen molar-refractivity contribution in [2.75, 3.05) is 26.0 Å². The number of hydrogen-bond donors (Lipinski definition) is 1. The minimum Gasteiger partial charge on any atom is -0.383 e. The Hall–Kier alpha value is -2.13. The summed E-state index contributed by atoms with van der Waals surface area (Å²) in [6, 6.07) is 7.30. The van der Waals surface area contributed by atoms with Crippen molar-refractivity contribution in [2.45, 2.75) is 13.5 Å². The summed E-state index contributed by atoms with van der Waals surface area (Å²) in [5.41, 5.74) is 1.43. The molecule has 0 bridgehead atoms. The highest BCUT2D eigenvalue weighted by Crippen LogP contribution is 2.25. The van der Waals surface area contributed by atoms with Crippen molar-refractivity contribution in [2.24, 2.45) is 5.92 Å². The second-order valence-corrected chi connectivity index (χ2v) is 4.59. The van der Waals surface area contributed by atoms with Crippen LogP contribution in [0, 0.1) is 27.4 Å². The highest BCUT2D eigenvalue weighted by atomic mass is 16.6. The number of hydrogen-bond acceptors (Lipinski definition) is 5. The molecule has 0 saturated heterocycles. The average molecular weight is 262 g/mol. The zero-order valence-corrected chi connectivity index (χ0v) is 11.4. The van der Waals surface area contributed by atoms with Gasteiger partial charge in [0.1, 0.15) is 5.69 Å². The molecule has 0 aliphatic rings. The first kappa shape index (κ1) is 14.9. The van der Waals surface area contributed by atoms with Crippen LogP contribution in [0.5, 0.6) is 0 Å². The van der Waals surface area contributed by atoms with Gasteiger partial charge in [-0.1, -0.05) is 6.07 Å². The lowest BCUT2D eigenvalue weighted by Crippen LogP contribution is -2.23. The molecule has 1 N–H and O–H groups in total. The summed E-state index contributed by atoms with van der Waals surface area (Å²) in [6.07, 6.45) is 0. The molecule has 6 heteroatoms. The molecule has 0 heterocycles. The van der Waals surface area contributed by atoms with Crippen LogP contribution in [0.15, 0.2) is 18.2 Å². The smallest absolute Gasteiger partial charge is 0.292 e. The number of anilines is 1. The topological polar surface area (TPSA) is 82.2 Å². The van der Waals surface area contributed by atoms with Crippen molar-refractivity contribution in [3.05, 3.63) is 33.9 Å². The van der Waals surface area contributed by atoms with Crippen molar-refractivity contribution in [3.8, 4) is 6.07 Å². The van der Waals surface area contributed by atoms with Gasteiger partial charge in [0, 0.05) is 26.2 Å². The predicted octanol–water partition coefficient (Wildman–Crippen LogP) is 2.23. The van der Waals surface area contributed by atoms with Gasteiger partial charge < -0.3 is 10.2 Å². The standard InChI is InChI=1S/C13H18N4O2/c1-10(7-14)8-16(3)9-11-4-5-12(15-2)13(6-11)17(18)19/h4-6,10,15H,8-9H2,1-3H3. The number of benzene rings is 1. The van der Waals surface area contributed by atoms with E-state index in [9.17, 15) is 10.1 Å². The predicted molar refractivity (Wildman–Crippen MR) is 73.8 cm³/mol. The van der Waals surface area contributed by atoms with E-state index in [0.717, 1.165) is 5.56 Å². The minimum atomic E-state index is -0.396. The van der Waals surface area contributed by atoms with Gasteiger partial charge in [-0.25, -0.2) is 0 Å². The van der Waals surface area contributed by atoms with E-state index in [2.05, 4.69) is 11.4 Å². The summed E-state index contributed by atoms with van der Waals surface area (Å²) >= 11 is 0. The first-order valence-electron chi connectivity index (χ1n) is 6.01. The largest absolute Gasteiger partial charge is 0.383 e. The number of nitro benzene ring substituents is 1. The third-order valence-electron chi connectivity index (χ3n) is 2.79. The summed E-state index contributed by atoms with van der Waals surface area (Å²) in [5, 5.41) is 22.5. The quantitative estimate of drug-likeness (QED) is 0.628. The van der Waals surface area contributed by atoms with Crippen molar-refractivity contribution in [1.29, 1.82) is 5.26 Å². The van der Waals surface area contributed by atoms with Crippen molar-refractivity contribution in [3.63, 3.8) is 0 Å². The Morgan fingerprint density at radius 2 is 2.26 bits per heavy atom.